The number of hydrogen-bond donors (Lipinski definition) is 0. The molecule has 2 atom stereocenters. The first-order valence-corrected chi connectivity index (χ1v) is 12.7. The molecule has 2 aromatic carbocycles. The predicted molar refractivity (Wildman–Crippen MR) is 128 cm³/mol. The summed E-state index contributed by atoms with van der Waals surface area (Å²) in [5.41, 5.74) is 0.769. The van der Waals surface area contributed by atoms with Gasteiger partial charge in [0.2, 0.25) is 6.79 Å². The number of nitrogens with zero attached hydrogens (tertiary/aromatic N) is 1. The van der Waals surface area contributed by atoms with E-state index < -0.39 is 31.2 Å². The summed E-state index contributed by atoms with van der Waals surface area (Å²) in [6.07, 6.45) is 0.383. The van der Waals surface area contributed by atoms with Crippen molar-refractivity contribution in [3.63, 3.8) is 0 Å². The molecule has 0 aliphatic rings. The number of fused-ring (bicyclic) bond motifs is 1. The number of hydrogen-bond acceptors (Lipinski definition) is 10. The molecule has 11 heteroatoms. The zero-order valence-electron chi connectivity index (χ0n) is 19.4. The third-order valence-corrected chi connectivity index (χ3v) is 7.13. The Balaban J connectivity index is 1.92. The van der Waals surface area contributed by atoms with Crippen molar-refractivity contribution in [2.24, 2.45) is 4.58 Å². The highest BCUT2D eigenvalue weighted by atomic mass is 32.2. The summed E-state index contributed by atoms with van der Waals surface area (Å²) < 4.78 is 41.0. The standard InChI is InChI=1S/C22H30NO8PS/c1-6-29-32(26,30-12-11-22(3,4)33-23-25)31-15-28-21(24)16(2)17-7-8-19-14-20(27-5)10-9-18(19)13-17/h7-10,13-14,16H,6,11-12,15H2,1-5H3/t16-,32?/m0/s1. The van der Waals surface area contributed by atoms with Crippen LogP contribution in [0.1, 0.15) is 45.6 Å². The summed E-state index contributed by atoms with van der Waals surface area (Å²) >= 11 is 0.865. The molecule has 0 saturated carbocycles. The molecule has 0 bridgehead atoms. The lowest BCUT2D eigenvalue weighted by Crippen LogP contribution is -2.18. The van der Waals surface area contributed by atoms with Crippen LogP contribution in [0, 0.1) is 4.91 Å². The van der Waals surface area contributed by atoms with E-state index >= 15 is 0 Å². The number of esters is 1. The second-order valence-corrected chi connectivity index (χ2v) is 10.9. The number of phosphoric acid groups is 1. The molecular weight excluding hydrogens is 469 g/mol. The fourth-order valence-electron chi connectivity index (χ4n) is 2.87. The van der Waals surface area contributed by atoms with Crippen molar-refractivity contribution in [2.45, 2.75) is 44.8 Å². The summed E-state index contributed by atoms with van der Waals surface area (Å²) in [5.74, 6) is -0.356. The summed E-state index contributed by atoms with van der Waals surface area (Å²) in [5, 5.41) is 1.95. The molecule has 2 aromatic rings. The zero-order chi connectivity index (χ0) is 24.5. The number of benzene rings is 2. The second kappa shape index (κ2) is 12.5. The first-order valence-electron chi connectivity index (χ1n) is 10.4. The number of carbonyl (C=O) groups is 1. The molecule has 0 fully saturated rings. The normalized spacial score (nSPS) is 14.5. The van der Waals surface area contributed by atoms with Crippen LogP contribution < -0.4 is 4.74 Å². The van der Waals surface area contributed by atoms with Crippen molar-refractivity contribution in [3.8, 4) is 5.75 Å². The summed E-state index contributed by atoms with van der Waals surface area (Å²) in [6.45, 7) is 6.48. The summed E-state index contributed by atoms with van der Waals surface area (Å²) in [7, 11) is -2.32. The quantitative estimate of drug-likeness (QED) is 0.0984. The minimum absolute atomic E-state index is 0.0129. The molecule has 0 saturated heterocycles. The maximum atomic E-state index is 12.7. The first kappa shape index (κ1) is 27.3. The van der Waals surface area contributed by atoms with Crippen LogP contribution in [-0.2, 0) is 27.7 Å². The Labute approximate surface area is 198 Å². The number of ether oxygens (including phenoxy) is 2. The number of phosphoric ester groups is 1. The van der Waals surface area contributed by atoms with Gasteiger partial charge in [0.05, 0.1) is 26.2 Å². The molecule has 0 radical (unpaired) electrons. The van der Waals surface area contributed by atoms with Crippen LogP contribution in [0.2, 0.25) is 0 Å². The van der Waals surface area contributed by atoms with E-state index in [0.29, 0.717) is 6.42 Å². The van der Waals surface area contributed by atoms with E-state index in [9.17, 15) is 14.3 Å². The number of rotatable bonds is 14. The second-order valence-electron chi connectivity index (χ2n) is 7.78. The van der Waals surface area contributed by atoms with Gasteiger partial charge in [-0.3, -0.25) is 13.8 Å². The molecule has 182 valence electrons. The molecule has 0 heterocycles. The van der Waals surface area contributed by atoms with Crippen LogP contribution in [-0.4, -0.2) is 37.8 Å². The third-order valence-electron chi connectivity index (χ3n) is 4.86. The molecule has 0 N–H and O–H groups in total. The van der Waals surface area contributed by atoms with Gasteiger partial charge in [-0.25, -0.2) is 9.09 Å². The van der Waals surface area contributed by atoms with Crippen molar-refractivity contribution < 1.29 is 32.4 Å². The molecule has 33 heavy (non-hydrogen) atoms. The first-order chi connectivity index (χ1) is 15.6. The largest absolute Gasteiger partial charge is 0.497 e. The highest BCUT2D eigenvalue weighted by Crippen LogP contribution is 2.50. The van der Waals surface area contributed by atoms with E-state index in [4.69, 9.17) is 23.0 Å². The average molecular weight is 500 g/mol. The van der Waals surface area contributed by atoms with Crippen LogP contribution in [0.5, 0.6) is 5.75 Å². The fourth-order valence-corrected chi connectivity index (χ4v) is 4.28. The molecule has 2 rings (SSSR count). The van der Waals surface area contributed by atoms with Crippen molar-refractivity contribution in [1.82, 2.24) is 0 Å². The molecule has 0 aromatic heterocycles. The minimum Gasteiger partial charge on any atom is -0.497 e. The topological polar surface area (TPSA) is 110 Å². The maximum Gasteiger partial charge on any atom is 0.477 e. The van der Waals surface area contributed by atoms with Crippen molar-refractivity contribution in [3.05, 3.63) is 46.9 Å². The van der Waals surface area contributed by atoms with E-state index in [1.54, 1.807) is 34.8 Å². The SMILES string of the molecule is CCOP(=O)(OCCC(C)(C)SN=O)OCOC(=O)[C@@H](C)c1ccc2cc(OC)ccc2c1. The average Bonchev–Trinajstić information content (AvgIpc) is 2.77. The monoisotopic (exact) mass is 499 g/mol. The van der Waals surface area contributed by atoms with Crippen LogP contribution in [0.15, 0.2) is 41.0 Å². The summed E-state index contributed by atoms with van der Waals surface area (Å²) in [6, 6.07) is 11.3. The van der Waals surface area contributed by atoms with Crippen LogP contribution >= 0.6 is 19.8 Å². The molecular formula is C22H30NO8PS. The Hall–Kier alpha value is -1.97. The van der Waals surface area contributed by atoms with Gasteiger partial charge in [-0.05, 0) is 62.6 Å². The molecule has 0 amide bonds. The lowest BCUT2D eigenvalue weighted by Gasteiger charge is -2.22. The highest BCUT2D eigenvalue weighted by Gasteiger charge is 2.29. The molecule has 0 spiro atoms. The number of nitroso groups, excluding NO2 is 1. The Bertz CT molecular complexity index is 1000. The lowest BCUT2D eigenvalue weighted by molar-refractivity contribution is -0.152. The molecule has 0 aliphatic heterocycles. The fraction of sp³-hybridized carbons (Fsp3) is 0.500. The van der Waals surface area contributed by atoms with E-state index in [-0.39, 0.29) is 13.2 Å². The predicted octanol–water partition coefficient (Wildman–Crippen LogP) is 6.21. The van der Waals surface area contributed by atoms with Gasteiger partial charge in [-0.1, -0.05) is 24.3 Å². The van der Waals surface area contributed by atoms with Crippen molar-refractivity contribution in [2.75, 3.05) is 27.1 Å². The van der Waals surface area contributed by atoms with Crippen molar-refractivity contribution >= 4 is 36.5 Å². The maximum absolute atomic E-state index is 12.7. The highest BCUT2D eigenvalue weighted by molar-refractivity contribution is 7.99. The Kier molecular flexibility index (Phi) is 10.3. The van der Waals surface area contributed by atoms with Gasteiger partial charge in [0.15, 0.2) is 0 Å². The van der Waals surface area contributed by atoms with Gasteiger partial charge in [-0.15, -0.1) is 4.91 Å². The zero-order valence-corrected chi connectivity index (χ0v) is 21.1. The minimum atomic E-state index is -3.93. The summed E-state index contributed by atoms with van der Waals surface area (Å²) in [4.78, 5) is 23.0. The van der Waals surface area contributed by atoms with Gasteiger partial charge in [0.1, 0.15) is 5.75 Å². The molecule has 9 nitrogen and oxygen atoms in total. The molecule has 1 unspecified atom stereocenters. The van der Waals surface area contributed by atoms with Crippen LogP contribution in [0.4, 0.5) is 0 Å². The van der Waals surface area contributed by atoms with Gasteiger partial charge in [0.25, 0.3) is 0 Å². The Morgan fingerprint density at radius 2 is 1.82 bits per heavy atom. The van der Waals surface area contributed by atoms with Gasteiger partial charge < -0.3 is 9.47 Å². The van der Waals surface area contributed by atoms with Crippen LogP contribution in [0.25, 0.3) is 10.8 Å². The van der Waals surface area contributed by atoms with E-state index in [1.807, 2.05) is 36.4 Å². The molecule has 0 aliphatic carbocycles. The lowest BCUT2D eigenvalue weighted by atomic mass is 9.98. The van der Waals surface area contributed by atoms with Gasteiger partial charge in [-0.2, -0.15) is 0 Å². The number of methoxy groups -OCH3 is 1. The Morgan fingerprint density at radius 3 is 2.48 bits per heavy atom. The van der Waals surface area contributed by atoms with Crippen molar-refractivity contribution in [1.29, 1.82) is 0 Å². The van der Waals surface area contributed by atoms with Crippen LogP contribution in [0.3, 0.4) is 0 Å². The van der Waals surface area contributed by atoms with Gasteiger partial charge in [0, 0.05) is 21.3 Å². The smallest absolute Gasteiger partial charge is 0.477 e. The van der Waals surface area contributed by atoms with Gasteiger partial charge >= 0.3 is 13.8 Å². The van der Waals surface area contributed by atoms with E-state index in [2.05, 4.69) is 4.58 Å². The van der Waals surface area contributed by atoms with E-state index in [1.165, 1.54) is 0 Å². The Morgan fingerprint density at radius 1 is 1.12 bits per heavy atom. The number of carbonyl (C=O) groups excluding carboxylic acids is 1. The third kappa shape index (κ3) is 8.39. The van der Waals surface area contributed by atoms with E-state index in [0.717, 1.165) is 34.0 Å².